The summed E-state index contributed by atoms with van der Waals surface area (Å²) in [5.41, 5.74) is -0.915. The molecule has 3 unspecified atom stereocenters. The average Bonchev–Trinajstić information content (AvgIpc) is 2.87. The van der Waals surface area contributed by atoms with Crippen molar-refractivity contribution in [1.82, 2.24) is 5.32 Å². The highest BCUT2D eigenvalue weighted by atomic mass is 16.5. The van der Waals surface area contributed by atoms with E-state index in [1.807, 2.05) is 13.8 Å². The third kappa shape index (κ3) is 5.47. The number of hydrogen-bond donors (Lipinski definition) is 2. The zero-order valence-electron chi connectivity index (χ0n) is 12.3. The molecule has 19 heavy (non-hydrogen) atoms. The zero-order chi connectivity index (χ0) is 14.3. The Kier molecular flexibility index (Phi) is 6.75. The molecular formula is C14H27NO4. The normalized spacial score (nSPS) is 24.1. The average molecular weight is 273 g/mol. The van der Waals surface area contributed by atoms with Crippen molar-refractivity contribution in [2.75, 3.05) is 26.4 Å². The minimum atomic E-state index is -0.915. The summed E-state index contributed by atoms with van der Waals surface area (Å²) in [6.45, 7) is 8.62. The lowest BCUT2D eigenvalue weighted by Gasteiger charge is -2.29. The molecule has 5 heteroatoms. The molecule has 1 fully saturated rings. The lowest BCUT2D eigenvalue weighted by molar-refractivity contribution is -0.146. The van der Waals surface area contributed by atoms with E-state index in [1.54, 1.807) is 6.92 Å². The highest BCUT2D eigenvalue weighted by Gasteiger charge is 2.34. The Hall–Kier alpha value is -0.650. The summed E-state index contributed by atoms with van der Waals surface area (Å²) in [4.78, 5) is 11.4. The Balaban J connectivity index is 2.37. The summed E-state index contributed by atoms with van der Waals surface area (Å²) >= 11 is 0. The number of rotatable bonds is 9. The number of carbonyl (C=O) groups is 1. The van der Waals surface area contributed by atoms with E-state index in [4.69, 9.17) is 9.47 Å². The van der Waals surface area contributed by atoms with Crippen molar-refractivity contribution in [3.8, 4) is 0 Å². The molecule has 0 saturated carbocycles. The maximum atomic E-state index is 11.4. The van der Waals surface area contributed by atoms with E-state index >= 15 is 0 Å². The van der Waals surface area contributed by atoms with E-state index in [0.29, 0.717) is 25.5 Å². The lowest BCUT2D eigenvalue weighted by Crippen LogP contribution is -2.51. The summed E-state index contributed by atoms with van der Waals surface area (Å²) in [6.07, 6.45) is 2.34. The number of nitrogens with one attached hydrogen (secondary N) is 1. The van der Waals surface area contributed by atoms with Gasteiger partial charge in [-0.15, -0.1) is 0 Å². The highest BCUT2D eigenvalue weighted by molar-refractivity contribution is 5.78. The predicted octanol–water partition coefficient (Wildman–Crippen LogP) is 1.66. The van der Waals surface area contributed by atoms with Gasteiger partial charge in [0, 0.05) is 18.9 Å². The van der Waals surface area contributed by atoms with Crippen molar-refractivity contribution < 1.29 is 19.4 Å². The van der Waals surface area contributed by atoms with Crippen LogP contribution in [-0.4, -0.2) is 49.1 Å². The molecule has 1 aliphatic heterocycles. The number of carboxylic acids is 1. The van der Waals surface area contributed by atoms with Crippen LogP contribution in [0.25, 0.3) is 0 Å². The van der Waals surface area contributed by atoms with Crippen LogP contribution in [0.4, 0.5) is 0 Å². The van der Waals surface area contributed by atoms with E-state index in [9.17, 15) is 9.90 Å². The maximum absolute atomic E-state index is 11.4. The lowest BCUT2D eigenvalue weighted by atomic mass is 9.94. The molecule has 3 atom stereocenters. The molecule has 0 aromatic heterocycles. The minimum absolute atomic E-state index is 0.0777. The van der Waals surface area contributed by atoms with Crippen molar-refractivity contribution in [2.45, 2.75) is 51.7 Å². The van der Waals surface area contributed by atoms with Gasteiger partial charge in [-0.05, 0) is 33.2 Å². The summed E-state index contributed by atoms with van der Waals surface area (Å²) in [7, 11) is 0. The van der Waals surface area contributed by atoms with E-state index in [2.05, 4.69) is 5.32 Å². The summed E-state index contributed by atoms with van der Waals surface area (Å²) in [5, 5.41) is 12.4. The van der Waals surface area contributed by atoms with Crippen LogP contribution in [0.15, 0.2) is 0 Å². The minimum Gasteiger partial charge on any atom is -0.480 e. The largest absolute Gasteiger partial charge is 0.480 e. The van der Waals surface area contributed by atoms with Gasteiger partial charge in [-0.1, -0.05) is 6.92 Å². The molecule has 0 aliphatic carbocycles. The third-order valence-corrected chi connectivity index (χ3v) is 3.57. The molecule has 1 aliphatic rings. The molecular weight excluding hydrogens is 246 g/mol. The van der Waals surface area contributed by atoms with Crippen molar-refractivity contribution in [1.29, 1.82) is 0 Å². The summed E-state index contributed by atoms with van der Waals surface area (Å²) in [6, 6.07) is 0. The first-order chi connectivity index (χ1) is 8.98. The van der Waals surface area contributed by atoms with Gasteiger partial charge in [0.2, 0.25) is 0 Å². The topological polar surface area (TPSA) is 67.8 Å². The maximum Gasteiger partial charge on any atom is 0.323 e. The van der Waals surface area contributed by atoms with Gasteiger partial charge in [0.05, 0.1) is 19.3 Å². The highest BCUT2D eigenvalue weighted by Crippen LogP contribution is 2.18. The molecule has 1 rings (SSSR count). The quantitative estimate of drug-likeness (QED) is 0.669. The van der Waals surface area contributed by atoms with E-state index in [-0.39, 0.29) is 6.10 Å². The van der Waals surface area contributed by atoms with Crippen molar-refractivity contribution in [3.05, 3.63) is 0 Å². The molecule has 1 heterocycles. The Morgan fingerprint density at radius 1 is 1.63 bits per heavy atom. The number of aliphatic carboxylic acids is 1. The van der Waals surface area contributed by atoms with Crippen molar-refractivity contribution in [2.24, 2.45) is 5.92 Å². The summed E-state index contributed by atoms with van der Waals surface area (Å²) < 4.78 is 11.1. The second kappa shape index (κ2) is 7.82. The van der Waals surface area contributed by atoms with Crippen LogP contribution in [-0.2, 0) is 14.3 Å². The second-order valence-electron chi connectivity index (χ2n) is 5.64. The SMILES string of the molecule is CCCNC(C)(CC(C)OCC1CCOC1)C(=O)O. The monoisotopic (exact) mass is 273 g/mol. The van der Waals surface area contributed by atoms with Gasteiger partial charge in [-0.3, -0.25) is 4.79 Å². The molecule has 2 N–H and O–H groups in total. The van der Waals surface area contributed by atoms with Gasteiger partial charge < -0.3 is 19.9 Å². The molecule has 1 saturated heterocycles. The van der Waals surface area contributed by atoms with Crippen LogP contribution in [0, 0.1) is 5.92 Å². The van der Waals surface area contributed by atoms with Crippen molar-refractivity contribution >= 4 is 5.97 Å². The molecule has 5 nitrogen and oxygen atoms in total. The van der Waals surface area contributed by atoms with Gasteiger partial charge in [0.1, 0.15) is 5.54 Å². The van der Waals surface area contributed by atoms with Gasteiger partial charge in [0.25, 0.3) is 0 Å². The van der Waals surface area contributed by atoms with E-state index in [1.165, 1.54) is 0 Å². The predicted molar refractivity (Wildman–Crippen MR) is 73.3 cm³/mol. The van der Waals surface area contributed by atoms with Crippen LogP contribution in [0.1, 0.15) is 40.0 Å². The van der Waals surface area contributed by atoms with Crippen LogP contribution in [0.3, 0.4) is 0 Å². The van der Waals surface area contributed by atoms with Crippen LogP contribution < -0.4 is 5.32 Å². The second-order valence-corrected chi connectivity index (χ2v) is 5.64. The van der Waals surface area contributed by atoms with Crippen LogP contribution >= 0.6 is 0 Å². The van der Waals surface area contributed by atoms with Gasteiger partial charge in [-0.2, -0.15) is 0 Å². The van der Waals surface area contributed by atoms with E-state index < -0.39 is 11.5 Å². The molecule has 0 bridgehead atoms. The molecule has 0 amide bonds. The molecule has 0 radical (unpaired) electrons. The third-order valence-electron chi connectivity index (χ3n) is 3.57. The fourth-order valence-corrected chi connectivity index (χ4v) is 2.28. The smallest absolute Gasteiger partial charge is 0.323 e. The number of hydrogen-bond acceptors (Lipinski definition) is 4. The first-order valence-corrected chi connectivity index (χ1v) is 7.15. The Bertz CT molecular complexity index is 279. The Morgan fingerprint density at radius 3 is 2.89 bits per heavy atom. The first kappa shape index (κ1) is 16.4. The molecule has 112 valence electrons. The fraction of sp³-hybridized carbons (Fsp3) is 0.929. The number of carboxylic acid groups (broad SMARTS) is 1. The summed E-state index contributed by atoms with van der Waals surface area (Å²) in [5.74, 6) is -0.359. The zero-order valence-corrected chi connectivity index (χ0v) is 12.3. The molecule has 0 aromatic rings. The van der Waals surface area contributed by atoms with Crippen LogP contribution in [0.5, 0.6) is 0 Å². The Morgan fingerprint density at radius 2 is 2.37 bits per heavy atom. The molecule has 0 spiro atoms. The Labute approximate surface area is 115 Å². The standard InChI is InChI=1S/C14H27NO4/c1-4-6-15-14(3,13(16)17)8-11(2)19-10-12-5-7-18-9-12/h11-12,15H,4-10H2,1-3H3,(H,16,17). The first-order valence-electron chi connectivity index (χ1n) is 7.15. The van der Waals surface area contributed by atoms with Gasteiger partial charge >= 0.3 is 5.97 Å². The molecule has 0 aromatic carbocycles. The van der Waals surface area contributed by atoms with Crippen LogP contribution in [0.2, 0.25) is 0 Å². The fourth-order valence-electron chi connectivity index (χ4n) is 2.28. The van der Waals surface area contributed by atoms with Gasteiger partial charge in [0.15, 0.2) is 0 Å². The van der Waals surface area contributed by atoms with E-state index in [0.717, 1.165) is 26.1 Å². The number of ether oxygens (including phenoxy) is 2. The van der Waals surface area contributed by atoms with Gasteiger partial charge in [-0.25, -0.2) is 0 Å². The van der Waals surface area contributed by atoms with Crippen molar-refractivity contribution in [3.63, 3.8) is 0 Å².